The molecule has 3 rings (SSSR count). The minimum atomic E-state index is -0.103. The predicted octanol–water partition coefficient (Wildman–Crippen LogP) is 4.08. The van der Waals surface area contributed by atoms with Gasteiger partial charge in [-0.2, -0.15) is 0 Å². The molecule has 132 valence electrons. The van der Waals surface area contributed by atoms with Crippen LogP contribution in [0.1, 0.15) is 22.8 Å². The molecule has 0 radical (unpaired) electrons. The number of nitrogens with zero attached hydrogens (tertiary/aromatic N) is 1. The SMILES string of the molecule is CC(=O)c1ccc(OCC(=O)N(C)Cc2cccc3ccccc23)cc1. The first kappa shape index (κ1) is 17.7. The lowest BCUT2D eigenvalue weighted by atomic mass is 10.0. The Hall–Kier alpha value is -3.14. The molecule has 0 spiro atoms. The Labute approximate surface area is 153 Å². The first-order chi connectivity index (χ1) is 12.5. The maximum atomic E-state index is 12.4. The summed E-state index contributed by atoms with van der Waals surface area (Å²) in [5.74, 6) is 0.470. The van der Waals surface area contributed by atoms with E-state index in [0.29, 0.717) is 17.9 Å². The standard InChI is InChI=1S/C22H21NO3/c1-16(24)17-10-12-20(13-11-17)26-15-22(25)23(2)14-19-8-5-7-18-6-3-4-9-21(18)19/h3-13H,14-15H2,1-2H3. The zero-order chi connectivity index (χ0) is 18.5. The predicted molar refractivity (Wildman–Crippen MR) is 102 cm³/mol. The van der Waals surface area contributed by atoms with Crippen LogP contribution in [0.2, 0.25) is 0 Å². The van der Waals surface area contributed by atoms with Crippen LogP contribution in [0.25, 0.3) is 10.8 Å². The highest BCUT2D eigenvalue weighted by Crippen LogP contribution is 2.20. The molecule has 0 N–H and O–H groups in total. The van der Waals surface area contributed by atoms with Gasteiger partial charge in [0.25, 0.3) is 5.91 Å². The third-order valence-corrected chi connectivity index (χ3v) is 4.34. The second-order valence-corrected chi connectivity index (χ2v) is 6.26. The number of hydrogen-bond donors (Lipinski definition) is 0. The Morgan fingerprint density at radius 1 is 0.923 bits per heavy atom. The van der Waals surface area contributed by atoms with Crippen molar-refractivity contribution in [2.24, 2.45) is 0 Å². The van der Waals surface area contributed by atoms with E-state index >= 15 is 0 Å². The molecular formula is C22H21NO3. The molecule has 0 aromatic heterocycles. The lowest BCUT2D eigenvalue weighted by molar-refractivity contribution is -0.132. The van der Waals surface area contributed by atoms with Crippen LogP contribution in [0.4, 0.5) is 0 Å². The highest BCUT2D eigenvalue weighted by molar-refractivity contribution is 5.94. The molecule has 0 unspecified atom stereocenters. The molecule has 0 aliphatic heterocycles. The average molecular weight is 347 g/mol. The van der Waals surface area contributed by atoms with Gasteiger partial charge in [-0.3, -0.25) is 9.59 Å². The summed E-state index contributed by atoms with van der Waals surface area (Å²) in [5.41, 5.74) is 1.72. The summed E-state index contributed by atoms with van der Waals surface area (Å²) in [7, 11) is 1.77. The first-order valence-electron chi connectivity index (χ1n) is 8.49. The van der Waals surface area contributed by atoms with E-state index in [0.717, 1.165) is 16.3 Å². The third kappa shape index (κ3) is 4.09. The molecule has 4 nitrogen and oxygen atoms in total. The van der Waals surface area contributed by atoms with Gasteiger partial charge in [0.05, 0.1) is 0 Å². The third-order valence-electron chi connectivity index (χ3n) is 4.34. The van der Waals surface area contributed by atoms with Crippen LogP contribution in [0.5, 0.6) is 5.75 Å². The highest BCUT2D eigenvalue weighted by Gasteiger charge is 2.12. The van der Waals surface area contributed by atoms with Crippen molar-refractivity contribution in [2.75, 3.05) is 13.7 Å². The molecule has 1 amide bonds. The number of ether oxygens (including phenoxy) is 1. The Bertz CT molecular complexity index is 926. The number of hydrogen-bond acceptors (Lipinski definition) is 3. The molecule has 0 saturated heterocycles. The Morgan fingerprint density at radius 2 is 1.62 bits per heavy atom. The monoisotopic (exact) mass is 347 g/mol. The largest absolute Gasteiger partial charge is 0.484 e. The van der Waals surface area contributed by atoms with Gasteiger partial charge in [0.1, 0.15) is 5.75 Å². The Balaban J connectivity index is 1.61. The fourth-order valence-electron chi connectivity index (χ4n) is 2.82. The summed E-state index contributed by atoms with van der Waals surface area (Å²) in [5, 5.41) is 2.31. The number of fused-ring (bicyclic) bond motifs is 1. The van der Waals surface area contributed by atoms with Gasteiger partial charge in [-0.15, -0.1) is 0 Å². The quantitative estimate of drug-likeness (QED) is 0.631. The number of carbonyl (C=O) groups excluding carboxylic acids is 2. The van der Waals surface area contributed by atoms with E-state index in [2.05, 4.69) is 18.2 Å². The highest BCUT2D eigenvalue weighted by atomic mass is 16.5. The lowest BCUT2D eigenvalue weighted by Crippen LogP contribution is -2.31. The number of amides is 1. The maximum absolute atomic E-state index is 12.4. The summed E-state index contributed by atoms with van der Waals surface area (Å²) < 4.78 is 5.55. The molecule has 26 heavy (non-hydrogen) atoms. The molecule has 4 heteroatoms. The fraction of sp³-hybridized carbons (Fsp3) is 0.182. The van der Waals surface area contributed by atoms with Crippen molar-refractivity contribution in [3.05, 3.63) is 77.9 Å². The van der Waals surface area contributed by atoms with Gasteiger partial charge in [-0.1, -0.05) is 42.5 Å². The number of likely N-dealkylation sites (N-methyl/N-ethyl adjacent to an activating group) is 1. The lowest BCUT2D eigenvalue weighted by Gasteiger charge is -2.19. The van der Waals surface area contributed by atoms with Gasteiger partial charge in [0, 0.05) is 19.2 Å². The van der Waals surface area contributed by atoms with Crippen LogP contribution in [0.15, 0.2) is 66.7 Å². The van der Waals surface area contributed by atoms with Crippen molar-refractivity contribution in [3.63, 3.8) is 0 Å². The van der Waals surface area contributed by atoms with Gasteiger partial charge in [-0.05, 0) is 47.5 Å². The van der Waals surface area contributed by atoms with E-state index < -0.39 is 0 Å². The van der Waals surface area contributed by atoms with E-state index in [1.54, 1.807) is 36.2 Å². The fourth-order valence-corrected chi connectivity index (χ4v) is 2.82. The second-order valence-electron chi connectivity index (χ2n) is 6.26. The molecule has 3 aromatic rings. The van der Waals surface area contributed by atoms with Gasteiger partial charge in [0.2, 0.25) is 0 Å². The van der Waals surface area contributed by atoms with Crippen LogP contribution in [-0.4, -0.2) is 30.2 Å². The topological polar surface area (TPSA) is 46.6 Å². The van der Waals surface area contributed by atoms with E-state index in [-0.39, 0.29) is 18.3 Å². The maximum Gasteiger partial charge on any atom is 0.260 e. The van der Waals surface area contributed by atoms with Crippen molar-refractivity contribution >= 4 is 22.5 Å². The Morgan fingerprint density at radius 3 is 2.35 bits per heavy atom. The van der Waals surface area contributed by atoms with Crippen LogP contribution in [0.3, 0.4) is 0 Å². The number of Topliss-reactive ketones (excluding diaryl/α,β-unsaturated/α-hetero) is 1. The van der Waals surface area contributed by atoms with Crippen LogP contribution < -0.4 is 4.74 Å². The average Bonchev–Trinajstić information content (AvgIpc) is 2.66. The number of benzene rings is 3. The molecule has 0 atom stereocenters. The van der Waals surface area contributed by atoms with Crippen molar-refractivity contribution in [2.45, 2.75) is 13.5 Å². The molecule has 0 aliphatic carbocycles. The van der Waals surface area contributed by atoms with Gasteiger partial charge in [0.15, 0.2) is 12.4 Å². The van der Waals surface area contributed by atoms with Crippen molar-refractivity contribution < 1.29 is 14.3 Å². The summed E-state index contributed by atoms with van der Waals surface area (Å²) in [6, 6.07) is 21.0. The zero-order valence-corrected chi connectivity index (χ0v) is 14.9. The summed E-state index contributed by atoms with van der Waals surface area (Å²) >= 11 is 0. The van der Waals surface area contributed by atoms with Crippen LogP contribution in [0, 0.1) is 0 Å². The normalized spacial score (nSPS) is 10.5. The summed E-state index contributed by atoms with van der Waals surface area (Å²) in [6.07, 6.45) is 0. The molecule has 0 saturated carbocycles. The second kappa shape index (κ2) is 7.83. The minimum Gasteiger partial charge on any atom is -0.484 e. The van der Waals surface area contributed by atoms with Gasteiger partial charge >= 0.3 is 0 Å². The van der Waals surface area contributed by atoms with Crippen LogP contribution in [-0.2, 0) is 11.3 Å². The molecule has 0 fully saturated rings. The first-order valence-corrected chi connectivity index (χ1v) is 8.49. The van der Waals surface area contributed by atoms with Crippen LogP contribution >= 0.6 is 0 Å². The van der Waals surface area contributed by atoms with Crippen molar-refractivity contribution in [1.82, 2.24) is 4.90 Å². The summed E-state index contributed by atoms with van der Waals surface area (Å²) in [4.78, 5) is 25.3. The minimum absolute atomic E-state index is 0.00227. The van der Waals surface area contributed by atoms with Gasteiger partial charge in [-0.25, -0.2) is 0 Å². The molecule has 0 aliphatic rings. The molecular weight excluding hydrogens is 326 g/mol. The number of rotatable bonds is 6. The van der Waals surface area contributed by atoms with E-state index in [4.69, 9.17) is 4.74 Å². The molecule has 0 bridgehead atoms. The van der Waals surface area contributed by atoms with E-state index in [1.165, 1.54) is 6.92 Å². The van der Waals surface area contributed by atoms with E-state index in [9.17, 15) is 9.59 Å². The van der Waals surface area contributed by atoms with E-state index in [1.807, 2.05) is 24.3 Å². The van der Waals surface area contributed by atoms with Crippen molar-refractivity contribution in [1.29, 1.82) is 0 Å². The summed E-state index contributed by atoms with van der Waals surface area (Å²) in [6.45, 7) is 2.00. The zero-order valence-electron chi connectivity index (χ0n) is 14.9. The number of carbonyl (C=O) groups is 2. The molecule has 0 heterocycles. The number of ketones is 1. The smallest absolute Gasteiger partial charge is 0.260 e. The van der Waals surface area contributed by atoms with Gasteiger partial charge < -0.3 is 9.64 Å². The Kier molecular flexibility index (Phi) is 5.32. The van der Waals surface area contributed by atoms with Crippen molar-refractivity contribution in [3.8, 4) is 5.75 Å². The molecule has 3 aromatic carbocycles.